The predicted molar refractivity (Wildman–Crippen MR) is 115 cm³/mol. The normalized spacial score (nSPS) is 18.5. The Morgan fingerprint density at radius 1 is 1.33 bits per heavy atom. The molecule has 10 nitrogen and oxygen atoms in total. The first-order valence-corrected chi connectivity index (χ1v) is 10.2. The summed E-state index contributed by atoms with van der Waals surface area (Å²) in [5, 5.41) is 22.4. The first-order chi connectivity index (χ1) is 15.4. The number of likely N-dealkylation sites (tertiary alicyclic amines) is 1. The van der Waals surface area contributed by atoms with Gasteiger partial charge in [-0.1, -0.05) is 20.8 Å². The topological polar surface area (TPSA) is 152 Å². The van der Waals surface area contributed by atoms with E-state index in [9.17, 15) is 23.9 Å². The number of nitrogens with zero attached hydrogens (tertiary/aromatic N) is 4. The minimum absolute atomic E-state index is 0.00751. The van der Waals surface area contributed by atoms with Crippen LogP contribution in [0.1, 0.15) is 49.7 Å². The van der Waals surface area contributed by atoms with Crippen molar-refractivity contribution in [1.82, 2.24) is 14.7 Å². The van der Waals surface area contributed by atoms with Gasteiger partial charge in [0.25, 0.3) is 11.5 Å². The maximum Gasteiger partial charge on any atom is 0.407 e. The van der Waals surface area contributed by atoms with E-state index >= 15 is 0 Å². The van der Waals surface area contributed by atoms with E-state index in [1.165, 1.54) is 17.0 Å². The van der Waals surface area contributed by atoms with Gasteiger partial charge in [0.1, 0.15) is 18.0 Å². The Bertz CT molecular complexity index is 1200. The number of piperidine rings is 1. The number of amides is 2. The Labute approximate surface area is 189 Å². The molecular weight excluding hydrogens is 433 g/mol. The van der Waals surface area contributed by atoms with Crippen LogP contribution in [0.3, 0.4) is 0 Å². The zero-order valence-corrected chi connectivity index (χ0v) is 18.4. The number of hydrogen-bond acceptors (Lipinski definition) is 6. The van der Waals surface area contributed by atoms with Gasteiger partial charge in [0.05, 0.1) is 17.3 Å². The molecule has 3 rings (SSSR count). The molecule has 0 spiro atoms. The smallest absolute Gasteiger partial charge is 0.407 e. The number of nitrogens with two attached hydrogens (primary N) is 1. The van der Waals surface area contributed by atoms with E-state index in [1.807, 2.05) is 20.8 Å². The lowest BCUT2D eigenvalue weighted by Crippen LogP contribution is -2.53. The molecule has 1 aliphatic rings. The molecule has 2 heterocycles. The van der Waals surface area contributed by atoms with Gasteiger partial charge >= 0.3 is 6.09 Å². The molecular formula is C22H24FN5O5. The third-order valence-electron chi connectivity index (χ3n) is 5.54. The molecule has 3 N–H and O–H groups in total. The molecule has 0 radical (unpaired) electrons. The lowest BCUT2D eigenvalue weighted by atomic mass is 9.80. The highest BCUT2D eigenvalue weighted by Crippen LogP contribution is 2.34. The molecule has 2 amide bonds. The van der Waals surface area contributed by atoms with Crippen molar-refractivity contribution >= 4 is 12.0 Å². The van der Waals surface area contributed by atoms with Gasteiger partial charge in [-0.15, -0.1) is 0 Å². The molecule has 11 heteroatoms. The first-order valence-electron chi connectivity index (χ1n) is 10.2. The first kappa shape index (κ1) is 23.7. The number of ether oxygens (including phenoxy) is 1. The lowest BCUT2D eigenvalue weighted by molar-refractivity contribution is 0.0126. The molecule has 1 saturated heterocycles. The predicted octanol–water partition coefficient (Wildman–Crippen LogP) is 2.28. The lowest BCUT2D eigenvalue weighted by Gasteiger charge is -2.44. The summed E-state index contributed by atoms with van der Waals surface area (Å²) in [4.78, 5) is 37.7. The monoisotopic (exact) mass is 457 g/mol. The second-order valence-corrected chi connectivity index (χ2v) is 8.87. The summed E-state index contributed by atoms with van der Waals surface area (Å²) < 4.78 is 20.7. The molecule has 0 aliphatic carbocycles. The number of benzene rings is 1. The zero-order valence-electron chi connectivity index (χ0n) is 18.4. The average Bonchev–Trinajstić information content (AvgIpc) is 2.72. The van der Waals surface area contributed by atoms with Gasteiger partial charge in [0.15, 0.2) is 11.4 Å². The number of carbonyl (C=O) groups excluding carboxylic acids is 1. The fourth-order valence-electron chi connectivity index (χ4n) is 3.88. The van der Waals surface area contributed by atoms with Crippen molar-refractivity contribution in [3.8, 4) is 17.5 Å². The summed E-state index contributed by atoms with van der Waals surface area (Å²) in [5.41, 5.74) is 3.86. The van der Waals surface area contributed by atoms with Gasteiger partial charge in [-0.25, -0.2) is 9.18 Å². The highest BCUT2D eigenvalue weighted by Gasteiger charge is 2.39. The Kier molecular flexibility index (Phi) is 6.39. The summed E-state index contributed by atoms with van der Waals surface area (Å²) in [6, 6.07) is 5.83. The van der Waals surface area contributed by atoms with Crippen molar-refractivity contribution in [2.45, 2.75) is 45.8 Å². The maximum atomic E-state index is 14.0. The molecule has 0 saturated carbocycles. The molecule has 1 aromatic carbocycles. The molecule has 0 bridgehead atoms. The van der Waals surface area contributed by atoms with E-state index in [0.29, 0.717) is 12.8 Å². The third kappa shape index (κ3) is 4.95. The fourth-order valence-corrected chi connectivity index (χ4v) is 3.88. The molecule has 2 unspecified atom stereocenters. The SMILES string of the molecule is CC(C)(C)C1CC(Oc2cc(=O)n(-c3ccc(C#N)c(F)c3)nc2C(N)=O)CCN1C(=O)O. The van der Waals surface area contributed by atoms with Gasteiger partial charge in [-0.2, -0.15) is 15.0 Å². The van der Waals surface area contributed by atoms with E-state index in [4.69, 9.17) is 15.7 Å². The number of carbonyl (C=O) groups is 2. The number of primary amides is 1. The van der Waals surface area contributed by atoms with Crippen molar-refractivity contribution in [3.63, 3.8) is 0 Å². The maximum absolute atomic E-state index is 14.0. The largest absolute Gasteiger partial charge is 0.488 e. The van der Waals surface area contributed by atoms with Crippen LogP contribution >= 0.6 is 0 Å². The van der Waals surface area contributed by atoms with Crippen molar-refractivity contribution in [1.29, 1.82) is 5.26 Å². The van der Waals surface area contributed by atoms with Crippen LogP contribution in [-0.4, -0.2) is 50.5 Å². The highest BCUT2D eigenvalue weighted by molar-refractivity contribution is 5.93. The zero-order chi connectivity index (χ0) is 24.5. The van der Waals surface area contributed by atoms with Gasteiger partial charge in [0, 0.05) is 31.5 Å². The number of aromatic nitrogens is 2. The van der Waals surface area contributed by atoms with E-state index in [0.717, 1.165) is 16.8 Å². The number of rotatable bonds is 4. The van der Waals surface area contributed by atoms with Gasteiger partial charge in [-0.05, 0) is 17.5 Å². The molecule has 1 fully saturated rings. The minimum atomic E-state index is -1.02. The molecule has 2 aromatic rings. The third-order valence-corrected chi connectivity index (χ3v) is 5.54. The summed E-state index contributed by atoms with van der Waals surface area (Å²) in [5.74, 6) is -1.93. The molecule has 33 heavy (non-hydrogen) atoms. The van der Waals surface area contributed by atoms with Crippen molar-refractivity contribution < 1.29 is 23.8 Å². The van der Waals surface area contributed by atoms with Gasteiger partial charge in [0.2, 0.25) is 0 Å². The van der Waals surface area contributed by atoms with Crippen LogP contribution in [0.5, 0.6) is 5.75 Å². The number of hydrogen-bond donors (Lipinski definition) is 2. The van der Waals surface area contributed by atoms with Crippen molar-refractivity contribution in [3.05, 3.63) is 51.7 Å². The van der Waals surface area contributed by atoms with Crippen LogP contribution in [0.25, 0.3) is 5.69 Å². The Morgan fingerprint density at radius 3 is 2.58 bits per heavy atom. The Morgan fingerprint density at radius 2 is 2.03 bits per heavy atom. The van der Waals surface area contributed by atoms with Crippen molar-refractivity contribution in [2.24, 2.45) is 11.1 Å². The second-order valence-electron chi connectivity index (χ2n) is 8.87. The summed E-state index contributed by atoms with van der Waals surface area (Å²) >= 11 is 0. The van der Waals surface area contributed by atoms with Crippen LogP contribution in [0.4, 0.5) is 9.18 Å². The number of nitriles is 1. The average molecular weight is 457 g/mol. The number of carboxylic acid groups (broad SMARTS) is 1. The minimum Gasteiger partial charge on any atom is -0.488 e. The standard InChI is InChI=1S/C22H24FN5O5/c1-22(2,3)17-9-14(6-7-27(17)21(31)32)33-16-10-18(29)28(26-19(16)20(25)30)13-5-4-12(11-24)15(23)8-13/h4-5,8,10,14,17H,6-7,9H2,1-3H3,(H2,25,30)(H,31,32). The van der Waals surface area contributed by atoms with Crippen LogP contribution in [0.2, 0.25) is 0 Å². The summed E-state index contributed by atoms with van der Waals surface area (Å²) in [6.45, 7) is 5.99. The van der Waals surface area contributed by atoms with E-state index < -0.39 is 29.5 Å². The second kappa shape index (κ2) is 8.90. The van der Waals surface area contributed by atoms with E-state index in [1.54, 1.807) is 6.07 Å². The van der Waals surface area contributed by atoms with Crippen LogP contribution < -0.4 is 16.0 Å². The molecule has 1 aromatic heterocycles. The Hall–Kier alpha value is -3.94. The van der Waals surface area contributed by atoms with E-state index in [-0.39, 0.29) is 40.7 Å². The van der Waals surface area contributed by atoms with Crippen molar-refractivity contribution in [2.75, 3.05) is 6.54 Å². The highest BCUT2D eigenvalue weighted by atomic mass is 19.1. The van der Waals surface area contributed by atoms with E-state index in [2.05, 4.69) is 5.10 Å². The molecule has 1 aliphatic heterocycles. The van der Waals surface area contributed by atoms with Crippen LogP contribution in [-0.2, 0) is 0 Å². The van der Waals surface area contributed by atoms with Gasteiger partial charge < -0.3 is 20.5 Å². The quantitative estimate of drug-likeness (QED) is 0.714. The van der Waals surface area contributed by atoms with Crippen LogP contribution in [0, 0.1) is 22.6 Å². The number of halogens is 1. The van der Waals surface area contributed by atoms with Gasteiger partial charge in [-0.3, -0.25) is 9.59 Å². The Balaban J connectivity index is 1.95. The summed E-state index contributed by atoms with van der Waals surface area (Å²) in [7, 11) is 0. The van der Waals surface area contributed by atoms with Crippen LogP contribution in [0.15, 0.2) is 29.1 Å². The fraction of sp³-hybridized carbons (Fsp3) is 0.409. The molecule has 174 valence electrons. The molecule has 2 atom stereocenters. The summed E-state index contributed by atoms with van der Waals surface area (Å²) in [6.07, 6.45) is -0.809.